The number of halogens is 2. The van der Waals surface area contributed by atoms with Gasteiger partial charge < -0.3 is 20.3 Å². The number of hydroxylamine groups is 1. The summed E-state index contributed by atoms with van der Waals surface area (Å²) in [5.74, 6) is 0.754. The van der Waals surface area contributed by atoms with E-state index in [0.29, 0.717) is 53.4 Å². The Kier molecular flexibility index (Phi) is 10.2. The fraction of sp³-hybridized carbons (Fsp3) is 0.472. The number of hydrogen-bond acceptors (Lipinski definition) is 10. The highest BCUT2D eigenvalue weighted by Crippen LogP contribution is 2.41. The predicted molar refractivity (Wildman–Crippen MR) is 190 cm³/mol. The van der Waals surface area contributed by atoms with Gasteiger partial charge in [-0.15, -0.1) is 0 Å². The normalized spacial score (nSPS) is 21.0. The molecule has 3 saturated heterocycles. The Morgan fingerprint density at radius 3 is 2.41 bits per heavy atom. The van der Waals surface area contributed by atoms with Crippen LogP contribution in [0.4, 0.5) is 33.1 Å². The summed E-state index contributed by atoms with van der Waals surface area (Å²) in [5.41, 5.74) is 2.59. The Labute approximate surface area is 292 Å². The molecule has 13 heteroatoms. The first kappa shape index (κ1) is 33.5. The number of nitrogens with zero attached hydrogens (tertiary/aromatic N) is 6. The molecule has 2 aromatic carbocycles. The Bertz CT molecular complexity index is 1660. The lowest BCUT2D eigenvalue weighted by atomic mass is 9.91. The van der Waals surface area contributed by atoms with E-state index in [4.69, 9.17) is 21.2 Å². The zero-order chi connectivity index (χ0) is 33.9. The van der Waals surface area contributed by atoms with Gasteiger partial charge in [0.15, 0.2) is 5.82 Å². The molecule has 1 saturated carbocycles. The third kappa shape index (κ3) is 7.19. The molecule has 2 N–H and O–H groups in total. The van der Waals surface area contributed by atoms with Gasteiger partial charge in [0.2, 0.25) is 5.91 Å². The Balaban J connectivity index is 1.07. The number of methoxy groups -OCH3 is 1. The maximum absolute atomic E-state index is 15.0. The molecular formula is C36H44ClFN8O3. The van der Waals surface area contributed by atoms with Crippen LogP contribution in [-0.4, -0.2) is 90.7 Å². The second-order valence-corrected chi connectivity index (χ2v) is 13.5. The number of piperidine rings is 1. The summed E-state index contributed by atoms with van der Waals surface area (Å²) >= 11 is 6.08. The zero-order valence-corrected chi connectivity index (χ0v) is 28.7. The van der Waals surface area contributed by atoms with Crippen LogP contribution in [0.5, 0.6) is 5.75 Å². The highest BCUT2D eigenvalue weighted by molar-refractivity contribution is 6.30. The van der Waals surface area contributed by atoms with Gasteiger partial charge in [0, 0.05) is 75.5 Å². The fourth-order valence-electron chi connectivity index (χ4n) is 7.50. The van der Waals surface area contributed by atoms with E-state index in [9.17, 15) is 9.18 Å². The van der Waals surface area contributed by atoms with E-state index in [1.54, 1.807) is 30.4 Å². The molecule has 0 radical (unpaired) electrons. The molecule has 3 aliphatic heterocycles. The number of piperazine rings is 1. The first-order chi connectivity index (χ1) is 23.9. The molecule has 4 heterocycles. The van der Waals surface area contributed by atoms with Crippen molar-refractivity contribution in [1.29, 1.82) is 0 Å². The molecule has 4 fully saturated rings. The average Bonchev–Trinajstić information content (AvgIpc) is 3.59. The summed E-state index contributed by atoms with van der Waals surface area (Å²) in [4.78, 5) is 35.0. The minimum atomic E-state index is -0.470. The largest absolute Gasteiger partial charge is 0.494 e. The quantitative estimate of drug-likeness (QED) is 0.241. The maximum atomic E-state index is 15.0. The first-order valence-corrected chi connectivity index (χ1v) is 17.6. The summed E-state index contributed by atoms with van der Waals surface area (Å²) in [7, 11) is 1.62. The molecule has 1 atom stereocenters. The molecule has 4 aliphatic rings. The SMILES string of the molecule is C=CC(=O)Nc1cc(Nc2cc(N3OCCC3c3cccc(Cl)c3F)ncn2)c(OC)cc1N1CCC(N2CCN(C3CCC3)CC2)CC1. The van der Waals surface area contributed by atoms with E-state index >= 15 is 0 Å². The number of ether oxygens (including phenoxy) is 1. The van der Waals surface area contributed by atoms with Crippen LogP contribution in [-0.2, 0) is 9.63 Å². The predicted octanol–water partition coefficient (Wildman–Crippen LogP) is 6.17. The minimum absolute atomic E-state index is 0.0613. The highest BCUT2D eigenvalue weighted by Gasteiger charge is 2.34. The molecule has 1 unspecified atom stereocenters. The standard InChI is InChI=1S/C36H44ClFN8O3/c1-3-35(47)42-28-20-29(41-33-22-34(40-23-39-33)46-30(12-19-49-46)26-8-5-9-27(37)36(26)38)32(48-2)21-31(28)45-13-10-25(11-14-45)44-17-15-43(16-18-44)24-6-4-7-24/h3,5,8-9,20-25,30H,1,4,6-7,10-19H2,2H3,(H,42,47)(H,39,40,41). The van der Waals surface area contributed by atoms with E-state index in [-0.39, 0.29) is 10.9 Å². The lowest BCUT2D eigenvalue weighted by Crippen LogP contribution is -2.56. The second-order valence-electron chi connectivity index (χ2n) is 13.1. The van der Waals surface area contributed by atoms with Gasteiger partial charge in [-0.25, -0.2) is 19.4 Å². The molecule has 260 valence electrons. The Hall–Kier alpha value is -3.97. The van der Waals surface area contributed by atoms with Crippen molar-refractivity contribution in [2.45, 2.75) is 56.7 Å². The molecule has 1 aromatic heterocycles. The average molecular weight is 691 g/mol. The van der Waals surface area contributed by atoms with Crippen molar-refractivity contribution in [1.82, 2.24) is 19.8 Å². The minimum Gasteiger partial charge on any atom is -0.494 e. The summed E-state index contributed by atoms with van der Waals surface area (Å²) < 4.78 is 20.8. The van der Waals surface area contributed by atoms with E-state index in [2.05, 4.69) is 41.9 Å². The smallest absolute Gasteiger partial charge is 0.247 e. The Morgan fingerprint density at radius 2 is 1.73 bits per heavy atom. The molecule has 49 heavy (non-hydrogen) atoms. The fourth-order valence-corrected chi connectivity index (χ4v) is 7.68. The molecule has 0 bridgehead atoms. The summed E-state index contributed by atoms with van der Waals surface area (Å²) in [6.45, 7) is 10.4. The number of carbonyl (C=O) groups is 1. The van der Waals surface area contributed by atoms with E-state index < -0.39 is 11.9 Å². The van der Waals surface area contributed by atoms with Crippen LogP contribution >= 0.6 is 11.6 Å². The number of benzene rings is 2. The van der Waals surface area contributed by atoms with Crippen molar-refractivity contribution < 1.29 is 18.8 Å². The van der Waals surface area contributed by atoms with E-state index in [1.165, 1.54) is 50.8 Å². The van der Waals surface area contributed by atoms with Gasteiger partial charge in [-0.2, -0.15) is 0 Å². The van der Waals surface area contributed by atoms with Gasteiger partial charge in [-0.05, 0) is 43.9 Å². The maximum Gasteiger partial charge on any atom is 0.247 e. The van der Waals surface area contributed by atoms with Crippen molar-refractivity contribution >= 4 is 46.2 Å². The lowest BCUT2D eigenvalue weighted by molar-refractivity contribution is -0.111. The summed E-state index contributed by atoms with van der Waals surface area (Å²) in [5, 5.41) is 8.00. The van der Waals surface area contributed by atoms with Gasteiger partial charge in [0.25, 0.3) is 0 Å². The van der Waals surface area contributed by atoms with E-state index in [1.807, 2.05) is 12.1 Å². The molecule has 11 nitrogen and oxygen atoms in total. The third-order valence-corrected chi connectivity index (χ3v) is 10.7. The van der Waals surface area contributed by atoms with Crippen LogP contribution in [0, 0.1) is 5.82 Å². The Morgan fingerprint density at radius 1 is 1.00 bits per heavy atom. The number of hydrogen-bond donors (Lipinski definition) is 2. The van der Waals surface area contributed by atoms with Crippen molar-refractivity contribution in [3.8, 4) is 5.75 Å². The zero-order valence-electron chi connectivity index (χ0n) is 27.9. The number of aromatic nitrogens is 2. The van der Waals surface area contributed by atoms with Gasteiger partial charge >= 0.3 is 0 Å². The number of rotatable bonds is 10. The topological polar surface area (TPSA) is 98.3 Å². The molecule has 1 amide bonds. The van der Waals surface area contributed by atoms with Crippen LogP contribution in [0.15, 0.2) is 55.4 Å². The van der Waals surface area contributed by atoms with E-state index in [0.717, 1.165) is 50.7 Å². The summed E-state index contributed by atoms with van der Waals surface area (Å²) in [6.07, 6.45) is 9.48. The van der Waals surface area contributed by atoms with Gasteiger partial charge in [-0.1, -0.05) is 36.7 Å². The van der Waals surface area contributed by atoms with Gasteiger partial charge in [0.05, 0.1) is 41.8 Å². The van der Waals surface area contributed by atoms with Crippen molar-refractivity contribution in [3.05, 3.63) is 71.8 Å². The van der Waals surface area contributed by atoms with Crippen LogP contribution in [0.1, 0.15) is 50.1 Å². The molecular weight excluding hydrogens is 647 g/mol. The molecule has 3 aromatic rings. The van der Waals surface area contributed by atoms with Gasteiger partial charge in [-0.3, -0.25) is 19.4 Å². The number of carbonyl (C=O) groups excluding carboxylic acids is 1. The number of nitrogens with one attached hydrogen (secondary N) is 2. The second kappa shape index (κ2) is 14.9. The molecule has 1 aliphatic carbocycles. The number of anilines is 5. The molecule has 0 spiro atoms. The monoisotopic (exact) mass is 690 g/mol. The first-order valence-electron chi connectivity index (χ1n) is 17.3. The van der Waals surface area contributed by atoms with Crippen molar-refractivity contribution in [2.75, 3.05) is 73.6 Å². The van der Waals surface area contributed by atoms with Crippen LogP contribution in [0.2, 0.25) is 5.02 Å². The highest BCUT2D eigenvalue weighted by atomic mass is 35.5. The van der Waals surface area contributed by atoms with Gasteiger partial charge in [0.1, 0.15) is 23.7 Å². The van der Waals surface area contributed by atoms with Crippen LogP contribution in [0.25, 0.3) is 0 Å². The van der Waals surface area contributed by atoms with Crippen LogP contribution < -0.4 is 25.3 Å². The molecule has 7 rings (SSSR count). The van der Waals surface area contributed by atoms with Crippen LogP contribution in [0.3, 0.4) is 0 Å². The number of amides is 1. The third-order valence-electron chi connectivity index (χ3n) is 10.4. The lowest BCUT2D eigenvalue weighted by Gasteiger charge is -2.46. The van der Waals surface area contributed by atoms with Crippen molar-refractivity contribution in [3.63, 3.8) is 0 Å². The summed E-state index contributed by atoms with van der Waals surface area (Å²) in [6, 6.07) is 11.5. The van der Waals surface area contributed by atoms with Crippen molar-refractivity contribution in [2.24, 2.45) is 0 Å².